The summed E-state index contributed by atoms with van der Waals surface area (Å²) in [5.74, 6) is -0.944. The first-order valence-corrected chi connectivity index (χ1v) is 9.25. The lowest BCUT2D eigenvalue weighted by molar-refractivity contribution is -0.118. The molecule has 1 amide bonds. The number of amides is 1. The number of nitrogens with one attached hydrogen (secondary N) is 1. The second kappa shape index (κ2) is 8.26. The molecule has 1 unspecified atom stereocenters. The third-order valence-corrected chi connectivity index (χ3v) is 4.99. The SMILES string of the molecule is COC(=O)c1cc(NC(=O)C2=NN(c3ccccc3)C(C(C)=O)C2)cc(C)c1C. The molecule has 0 aliphatic carbocycles. The van der Waals surface area contributed by atoms with Crippen molar-refractivity contribution in [2.45, 2.75) is 33.2 Å². The summed E-state index contributed by atoms with van der Waals surface area (Å²) in [5, 5.41) is 8.76. The topological polar surface area (TPSA) is 88.1 Å². The van der Waals surface area contributed by atoms with Crippen molar-refractivity contribution in [2.24, 2.45) is 5.10 Å². The first-order chi connectivity index (χ1) is 13.8. The summed E-state index contributed by atoms with van der Waals surface area (Å²) in [6.07, 6.45) is 0.213. The van der Waals surface area contributed by atoms with Crippen LogP contribution in [0.5, 0.6) is 0 Å². The number of carbonyl (C=O) groups excluding carboxylic acids is 3. The summed E-state index contributed by atoms with van der Waals surface area (Å²) in [6.45, 7) is 5.17. The largest absolute Gasteiger partial charge is 0.465 e. The van der Waals surface area contributed by atoms with Crippen LogP contribution >= 0.6 is 0 Å². The monoisotopic (exact) mass is 393 g/mol. The minimum Gasteiger partial charge on any atom is -0.465 e. The minimum absolute atomic E-state index is 0.0699. The molecule has 7 heteroatoms. The molecule has 0 saturated heterocycles. The fourth-order valence-electron chi connectivity index (χ4n) is 3.24. The maximum Gasteiger partial charge on any atom is 0.338 e. The number of hydrazone groups is 1. The highest BCUT2D eigenvalue weighted by molar-refractivity contribution is 6.44. The molecule has 0 saturated carbocycles. The second-order valence-electron chi connectivity index (χ2n) is 6.97. The first kappa shape index (κ1) is 20.3. The maximum atomic E-state index is 12.8. The van der Waals surface area contributed by atoms with E-state index < -0.39 is 17.9 Å². The Balaban J connectivity index is 1.87. The Bertz CT molecular complexity index is 999. The third-order valence-electron chi connectivity index (χ3n) is 4.99. The predicted molar refractivity (Wildman–Crippen MR) is 111 cm³/mol. The van der Waals surface area contributed by atoms with Crippen LogP contribution in [0.15, 0.2) is 47.6 Å². The number of hydrogen-bond donors (Lipinski definition) is 1. The quantitative estimate of drug-likeness (QED) is 0.788. The van der Waals surface area contributed by atoms with Gasteiger partial charge < -0.3 is 10.1 Å². The molecule has 1 aliphatic rings. The van der Waals surface area contributed by atoms with Gasteiger partial charge in [-0.05, 0) is 56.2 Å². The van der Waals surface area contributed by atoms with Crippen molar-refractivity contribution in [3.8, 4) is 0 Å². The van der Waals surface area contributed by atoms with Crippen LogP contribution in [0.3, 0.4) is 0 Å². The fraction of sp³-hybridized carbons (Fsp3) is 0.273. The Kier molecular flexibility index (Phi) is 5.77. The number of hydrogen-bond acceptors (Lipinski definition) is 6. The summed E-state index contributed by atoms with van der Waals surface area (Å²) < 4.78 is 4.82. The van der Waals surface area contributed by atoms with Crippen LogP contribution in [0.4, 0.5) is 11.4 Å². The van der Waals surface area contributed by atoms with Crippen molar-refractivity contribution >= 4 is 34.7 Å². The molecule has 150 valence electrons. The lowest BCUT2D eigenvalue weighted by atomic mass is 10.0. The molecule has 1 aliphatic heterocycles. The number of aryl methyl sites for hydroxylation is 1. The Labute approximate surface area is 169 Å². The number of Topliss-reactive ketones (excluding diaryl/α,β-unsaturated/α-hetero) is 1. The summed E-state index contributed by atoms with van der Waals surface area (Å²) in [5.41, 5.74) is 3.51. The summed E-state index contributed by atoms with van der Waals surface area (Å²) >= 11 is 0. The van der Waals surface area contributed by atoms with Crippen LogP contribution in [0, 0.1) is 13.8 Å². The van der Waals surface area contributed by atoms with Crippen LogP contribution in [-0.4, -0.2) is 36.5 Å². The molecule has 0 spiro atoms. The lowest BCUT2D eigenvalue weighted by Crippen LogP contribution is -2.33. The van der Waals surface area contributed by atoms with Crippen molar-refractivity contribution in [2.75, 3.05) is 17.4 Å². The molecule has 3 rings (SSSR count). The summed E-state index contributed by atoms with van der Waals surface area (Å²) in [4.78, 5) is 36.9. The molecule has 2 aromatic carbocycles. The number of esters is 1. The van der Waals surface area contributed by atoms with E-state index in [1.165, 1.54) is 14.0 Å². The van der Waals surface area contributed by atoms with Crippen molar-refractivity contribution in [1.82, 2.24) is 0 Å². The van der Waals surface area contributed by atoms with Crippen molar-refractivity contribution in [1.29, 1.82) is 0 Å². The number of ether oxygens (including phenoxy) is 1. The normalized spacial score (nSPS) is 15.7. The summed E-state index contributed by atoms with van der Waals surface area (Å²) in [7, 11) is 1.32. The van der Waals surface area contributed by atoms with Gasteiger partial charge in [0.15, 0.2) is 5.78 Å². The highest BCUT2D eigenvalue weighted by Crippen LogP contribution is 2.26. The maximum absolute atomic E-state index is 12.8. The number of benzene rings is 2. The van der Waals surface area contributed by atoms with E-state index in [0.29, 0.717) is 11.3 Å². The molecular formula is C22H23N3O4. The van der Waals surface area contributed by atoms with Gasteiger partial charge in [0, 0.05) is 12.1 Å². The van der Waals surface area contributed by atoms with Gasteiger partial charge in [-0.2, -0.15) is 5.10 Å². The van der Waals surface area contributed by atoms with Crippen LogP contribution in [0.1, 0.15) is 34.8 Å². The van der Waals surface area contributed by atoms with E-state index in [4.69, 9.17) is 4.74 Å². The number of para-hydroxylation sites is 1. The summed E-state index contributed by atoms with van der Waals surface area (Å²) in [6, 6.07) is 12.1. The molecule has 0 radical (unpaired) electrons. The number of ketones is 1. The fourth-order valence-corrected chi connectivity index (χ4v) is 3.24. The number of nitrogens with zero attached hydrogens (tertiary/aromatic N) is 2. The average molecular weight is 393 g/mol. The average Bonchev–Trinajstić information content (AvgIpc) is 3.16. The van der Waals surface area contributed by atoms with E-state index in [2.05, 4.69) is 10.4 Å². The molecule has 1 heterocycles. The van der Waals surface area contributed by atoms with Crippen LogP contribution in [0.2, 0.25) is 0 Å². The zero-order chi connectivity index (χ0) is 21.1. The van der Waals surface area contributed by atoms with E-state index in [0.717, 1.165) is 16.8 Å². The molecule has 29 heavy (non-hydrogen) atoms. The van der Waals surface area contributed by atoms with Gasteiger partial charge in [0.1, 0.15) is 11.8 Å². The predicted octanol–water partition coefficient (Wildman–Crippen LogP) is 3.25. The standard InChI is InChI=1S/C22H23N3O4/c1-13-10-16(11-18(14(13)2)22(28)29-4)23-21(27)19-12-20(15(3)26)25(24-19)17-8-6-5-7-9-17/h5-11,20H,12H2,1-4H3,(H,23,27). The van der Waals surface area contributed by atoms with Gasteiger partial charge in [-0.25, -0.2) is 4.79 Å². The Morgan fingerprint density at radius 2 is 1.83 bits per heavy atom. The van der Waals surface area contributed by atoms with E-state index in [1.54, 1.807) is 17.1 Å². The van der Waals surface area contributed by atoms with E-state index in [9.17, 15) is 14.4 Å². The van der Waals surface area contributed by atoms with Crippen molar-refractivity contribution in [3.05, 3.63) is 59.2 Å². The zero-order valence-electron chi connectivity index (χ0n) is 16.9. The number of rotatable bonds is 5. The molecule has 1 atom stereocenters. The van der Waals surface area contributed by atoms with Gasteiger partial charge in [0.05, 0.1) is 18.4 Å². The minimum atomic E-state index is -0.525. The van der Waals surface area contributed by atoms with E-state index >= 15 is 0 Å². The van der Waals surface area contributed by atoms with Gasteiger partial charge in [0.25, 0.3) is 5.91 Å². The molecule has 1 N–H and O–H groups in total. The van der Waals surface area contributed by atoms with Crippen molar-refractivity contribution < 1.29 is 19.1 Å². The Morgan fingerprint density at radius 1 is 1.14 bits per heavy atom. The third kappa shape index (κ3) is 4.18. The number of carbonyl (C=O) groups is 3. The molecule has 0 bridgehead atoms. The highest BCUT2D eigenvalue weighted by Gasteiger charge is 2.34. The van der Waals surface area contributed by atoms with Crippen LogP contribution in [0.25, 0.3) is 0 Å². The molecule has 7 nitrogen and oxygen atoms in total. The van der Waals surface area contributed by atoms with Crippen LogP contribution < -0.4 is 10.3 Å². The second-order valence-corrected chi connectivity index (χ2v) is 6.97. The smallest absolute Gasteiger partial charge is 0.338 e. The Hall–Kier alpha value is -3.48. The highest BCUT2D eigenvalue weighted by atomic mass is 16.5. The molecule has 0 aromatic heterocycles. The molecule has 0 fully saturated rings. The molecular weight excluding hydrogens is 370 g/mol. The van der Waals surface area contributed by atoms with E-state index in [-0.39, 0.29) is 17.9 Å². The van der Waals surface area contributed by atoms with E-state index in [1.807, 2.05) is 44.2 Å². The number of anilines is 2. The van der Waals surface area contributed by atoms with Gasteiger partial charge in [-0.15, -0.1) is 0 Å². The zero-order valence-corrected chi connectivity index (χ0v) is 16.9. The van der Waals surface area contributed by atoms with Gasteiger partial charge in [-0.1, -0.05) is 18.2 Å². The van der Waals surface area contributed by atoms with Gasteiger partial charge >= 0.3 is 5.97 Å². The first-order valence-electron chi connectivity index (χ1n) is 9.25. The lowest BCUT2D eigenvalue weighted by Gasteiger charge is -2.20. The van der Waals surface area contributed by atoms with Crippen molar-refractivity contribution in [3.63, 3.8) is 0 Å². The Morgan fingerprint density at radius 3 is 2.45 bits per heavy atom. The van der Waals surface area contributed by atoms with Gasteiger partial charge in [0.2, 0.25) is 0 Å². The molecule has 2 aromatic rings. The number of methoxy groups -OCH3 is 1. The van der Waals surface area contributed by atoms with Gasteiger partial charge in [-0.3, -0.25) is 14.6 Å². The van der Waals surface area contributed by atoms with Crippen LogP contribution in [-0.2, 0) is 14.3 Å².